The molecule has 0 aromatic carbocycles. The molecule has 0 bridgehead atoms. The number of nitrogens with zero attached hydrogens (tertiary/aromatic N) is 3. The second-order valence-electron chi connectivity index (χ2n) is 4.69. The SMILES string of the molecule is CNCc1cnc(N(C)Cc2ccccn2)c(C)c1. The zero-order valence-corrected chi connectivity index (χ0v) is 11.7. The first-order chi connectivity index (χ1) is 9.20. The molecule has 2 rings (SSSR count). The first kappa shape index (κ1) is 13.5. The van der Waals surface area contributed by atoms with Crippen LogP contribution in [0.3, 0.4) is 0 Å². The third-order valence-corrected chi connectivity index (χ3v) is 2.98. The fourth-order valence-corrected chi connectivity index (χ4v) is 2.14. The van der Waals surface area contributed by atoms with Gasteiger partial charge in [-0.2, -0.15) is 0 Å². The van der Waals surface area contributed by atoms with Crippen molar-refractivity contribution in [3.63, 3.8) is 0 Å². The molecular formula is C15H20N4. The Labute approximate surface area is 114 Å². The Balaban J connectivity index is 2.13. The molecule has 0 radical (unpaired) electrons. The van der Waals surface area contributed by atoms with Gasteiger partial charge in [0.25, 0.3) is 0 Å². The molecular weight excluding hydrogens is 236 g/mol. The van der Waals surface area contributed by atoms with Gasteiger partial charge in [0.1, 0.15) is 5.82 Å². The predicted octanol–water partition coefficient (Wildman–Crippen LogP) is 2.14. The van der Waals surface area contributed by atoms with Crippen LogP contribution in [0.25, 0.3) is 0 Å². The fourth-order valence-electron chi connectivity index (χ4n) is 2.14. The van der Waals surface area contributed by atoms with Crippen LogP contribution in [0.2, 0.25) is 0 Å². The van der Waals surface area contributed by atoms with E-state index in [1.165, 1.54) is 11.1 Å². The first-order valence-corrected chi connectivity index (χ1v) is 6.42. The van der Waals surface area contributed by atoms with Crippen LogP contribution < -0.4 is 10.2 Å². The quantitative estimate of drug-likeness (QED) is 0.890. The van der Waals surface area contributed by atoms with Crippen LogP contribution in [-0.4, -0.2) is 24.1 Å². The topological polar surface area (TPSA) is 41.1 Å². The lowest BCUT2D eigenvalue weighted by atomic mass is 10.2. The fraction of sp³-hybridized carbons (Fsp3) is 0.333. The van der Waals surface area contributed by atoms with Gasteiger partial charge in [-0.3, -0.25) is 4.98 Å². The average Bonchev–Trinajstić information content (AvgIpc) is 2.40. The van der Waals surface area contributed by atoms with Crippen molar-refractivity contribution in [3.05, 3.63) is 53.5 Å². The lowest BCUT2D eigenvalue weighted by Gasteiger charge is -2.20. The monoisotopic (exact) mass is 256 g/mol. The lowest BCUT2D eigenvalue weighted by molar-refractivity contribution is 0.805. The maximum atomic E-state index is 4.55. The average molecular weight is 256 g/mol. The van der Waals surface area contributed by atoms with E-state index in [0.717, 1.165) is 24.6 Å². The Morgan fingerprint density at radius 3 is 2.74 bits per heavy atom. The largest absolute Gasteiger partial charge is 0.354 e. The van der Waals surface area contributed by atoms with Crippen LogP contribution >= 0.6 is 0 Å². The molecule has 0 fully saturated rings. The van der Waals surface area contributed by atoms with Gasteiger partial charge < -0.3 is 10.2 Å². The van der Waals surface area contributed by atoms with Gasteiger partial charge in [0.2, 0.25) is 0 Å². The van der Waals surface area contributed by atoms with E-state index < -0.39 is 0 Å². The van der Waals surface area contributed by atoms with E-state index in [9.17, 15) is 0 Å². The highest BCUT2D eigenvalue weighted by molar-refractivity contribution is 5.46. The molecule has 2 heterocycles. The molecule has 0 saturated carbocycles. The first-order valence-electron chi connectivity index (χ1n) is 6.42. The normalized spacial score (nSPS) is 10.5. The van der Waals surface area contributed by atoms with E-state index in [2.05, 4.69) is 33.2 Å². The Morgan fingerprint density at radius 1 is 1.26 bits per heavy atom. The van der Waals surface area contributed by atoms with Gasteiger partial charge in [-0.15, -0.1) is 0 Å². The van der Waals surface area contributed by atoms with Crippen molar-refractivity contribution in [1.82, 2.24) is 15.3 Å². The van der Waals surface area contributed by atoms with Gasteiger partial charge in [-0.25, -0.2) is 4.98 Å². The summed E-state index contributed by atoms with van der Waals surface area (Å²) in [7, 11) is 3.98. The van der Waals surface area contributed by atoms with Crippen LogP contribution in [0.1, 0.15) is 16.8 Å². The van der Waals surface area contributed by atoms with Crippen molar-refractivity contribution >= 4 is 5.82 Å². The van der Waals surface area contributed by atoms with Gasteiger partial charge in [0, 0.05) is 26.0 Å². The van der Waals surface area contributed by atoms with Crippen LogP contribution in [0, 0.1) is 6.92 Å². The van der Waals surface area contributed by atoms with Crippen LogP contribution in [0.15, 0.2) is 36.7 Å². The van der Waals surface area contributed by atoms with E-state index in [-0.39, 0.29) is 0 Å². The second-order valence-corrected chi connectivity index (χ2v) is 4.69. The summed E-state index contributed by atoms with van der Waals surface area (Å²) >= 11 is 0. The summed E-state index contributed by atoms with van der Waals surface area (Å²) in [6.07, 6.45) is 3.74. The molecule has 19 heavy (non-hydrogen) atoms. The number of aromatic nitrogens is 2. The van der Waals surface area contributed by atoms with E-state index in [0.29, 0.717) is 0 Å². The summed E-state index contributed by atoms with van der Waals surface area (Å²) in [5.41, 5.74) is 3.44. The van der Waals surface area contributed by atoms with E-state index in [1.807, 2.05) is 44.7 Å². The Morgan fingerprint density at radius 2 is 2.11 bits per heavy atom. The number of anilines is 1. The molecule has 0 aliphatic heterocycles. The minimum atomic E-state index is 0.764. The van der Waals surface area contributed by atoms with E-state index in [1.54, 1.807) is 0 Å². The van der Waals surface area contributed by atoms with Gasteiger partial charge in [0.05, 0.1) is 12.2 Å². The van der Waals surface area contributed by atoms with E-state index >= 15 is 0 Å². The Hall–Kier alpha value is -1.94. The van der Waals surface area contributed by atoms with Crippen LogP contribution in [0.5, 0.6) is 0 Å². The van der Waals surface area contributed by atoms with Crippen LogP contribution in [0.4, 0.5) is 5.82 Å². The van der Waals surface area contributed by atoms with Crippen molar-refractivity contribution in [1.29, 1.82) is 0 Å². The minimum absolute atomic E-state index is 0.764. The lowest BCUT2D eigenvalue weighted by Crippen LogP contribution is -2.20. The molecule has 0 aliphatic rings. The third kappa shape index (κ3) is 3.51. The molecule has 0 saturated heterocycles. The molecule has 0 atom stereocenters. The van der Waals surface area contributed by atoms with Gasteiger partial charge >= 0.3 is 0 Å². The molecule has 100 valence electrons. The Kier molecular flexibility index (Phi) is 4.47. The molecule has 0 aliphatic carbocycles. The highest BCUT2D eigenvalue weighted by Crippen LogP contribution is 2.18. The van der Waals surface area contributed by atoms with Gasteiger partial charge in [0.15, 0.2) is 0 Å². The summed E-state index contributed by atoms with van der Waals surface area (Å²) in [6, 6.07) is 8.14. The van der Waals surface area contributed by atoms with E-state index in [4.69, 9.17) is 0 Å². The molecule has 4 nitrogen and oxygen atoms in total. The van der Waals surface area contributed by atoms with Crippen molar-refractivity contribution in [3.8, 4) is 0 Å². The molecule has 0 unspecified atom stereocenters. The standard InChI is InChI=1S/C15H20N4/c1-12-8-13(9-16-2)10-18-15(12)19(3)11-14-6-4-5-7-17-14/h4-8,10,16H,9,11H2,1-3H3. The predicted molar refractivity (Wildman–Crippen MR) is 78.1 cm³/mol. The van der Waals surface area contributed by atoms with Crippen molar-refractivity contribution < 1.29 is 0 Å². The van der Waals surface area contributed by atoms with Crippen molar-refractivity contribution in [2.45, 2.75) is 20.0 Å². The second kappa shape index (κ2) is 6.29. The highest BCUT2D eigenvalue weighted by Gasteiger charge is 2.08. The zero-order valence-electron chi connectivity index (χ0n) is 11.7. The minimum Gasteiger partial charge on any atom is -0.354 e. The number of rotatable bonds is 5. The summed E-state index contributed by atoms with van der Waals surface area (Å²) in [5.74, 6) is 1.01. The molecule has 1 N–H and O–H groups in total. The summed E-state index contributed by atoms with van der Waals surface area (Å²) in [5, 5.41) is 3.14. The van der Waals surface area contributed by atoms with Gasteiger partial charge in [-0.1, -0.05) is 6.07 Å². The summed E-state index contributed by atoms with van der Waals surface area (Å²) < 4.78 is 0. The number of nitrogens with one attached hydrogen (secondary N) is 1. The molecule has 0 spiro atoms. The molecule has 2 aromatic heterocycles. The van der Waals surface area contributed by atoms with Gasteiger partial charge in [-0.05, 0) is 43.3 Å². The maximum Gasteiger partial charge on any atom is 0.131 e. The number of hydrogen-bond acceptors (Lipinski definition) is 4. The smallest absolute Gasteiger partial charge is 0.131 e. The molecule has 2 aromatic rings. The summed E-state index contributed by atoms with van der Waals surface area (Å²) in [4.78, 5) is 11.0. The Bertz CT molecular complexity index is 525. The summed E-state index contributed by atoms with van der Waals surface area (Å²) in [6.45, 7) is 3.70. The van der Waals surface area contributed by atoms with Crippen molar-refractivity contribution in [2.24, 2.45) is 0 Å². The number of hydrogen-bond donors (Lipinski definition) is 1. The third-order valence-electron chi connectivity index (χ3n) is 2.98. The molecule has 0 amide bonds. The van der Waals surface area contributed by atoms with Crippen molar-refractivity contribution in [2.75, 3.05) is 19.0 Å². The maximum absolute atomic E-state index is 4.55. The number of pyridine rings is 2. The van der Waals surface area contributed by atoms with Crippen LogP contribution in [-0.2, 0) is 13.1 Å². The highest BCUT2D eigenvalue weighted by atomic mass is 15.2. The molecule has 4 heteroatoms. The number of aryl methyl sites for hydroxylation is 1. The zero-order chi connectivity index (χ0) is 13.7.